The topological polar surface area (TPSA) is 26.0 Å². The van der Waals surface area contributed by atoms with Crippen molar-refractivity contribution in [2.75, 3.05) is 5.73 Å². The third-order valence-electron chi connectivity index (χ3n) is 1.46. The minimum absolute atomic E-state index is 0.113. The molecule has 0 spiro atoms. The van der Waals surface area contributed by atoms with Gasteiger partial charge in [-0.2, -0.15) is 0 Å². The molecule has 2 N–H and O–H groups in total. The maximum absolute atomic E-state index is 12.7. The smallest absolute Gasteiger partial charge is 0.142 e. The van der Waals surface area contributed by atoms with Crippen molar-refractivity contribution in [3.63, 3.8) is 0 Å². The highest BCUT2D eigenvalue weighted by molar-refractivity contribution is 9.10. The second-order valence-electron chi connectivity index (χ2n) is 2.19. The summed E-state index contributed by atoms with van der Waals surface area (Å²) < 4.78 is 25.5. The molecule has 1 rings (SSSR count). The predicted molar refractivity (Wildman–Crippen MR) is 43.2 cm³/mol. The first kappa shape index (κ1) is 8.46. The number of hydrogen-bond acceptors (Lipinski definition) is 1. The molecule has 0 heterocycles. The van der Waals surface area contributed by atoms with Gasteiger partial charge in [0.25, 0.3) is 0 Å². The minimum atomic E-state index is -0.675. The van der Waals surface area contributed by atoms with Gasteiger partial charge in [0.15, 0.2) is 0 Å². The van der Waals surface area contributed by atoms with E-state index in [0.717, 1.165) is 6.07 Å². The monoisotopic (exact) mass is 221 g/mol. The molecular weight excluding hydrogens is 216 g/mol. The number of hydrogen-bond donors (Lipinski definition) is 1. The van der Waals surface area contributed by atoms with Crippen molar-refractivity contribution < 1.29 is 8.78 Å². The summed E-state index contributed by atoms with van der Waals surface area (Å²) in [5.41, 5.74) is 5.73. The summed E-state index contributed by atoms with van der Waals surface area (Å²) in [5, 5.41) is 0. The molecule has 0 aliphatic carbocycles. The summed E-state index contributed by atoms with van der Waals surface area (Å²) in [5.74, 6) is -1.30. The van der Waals surface area contributed by atoms with E-state index in [0.29, 0.717) is 0 Å². The maximum atomic E-state index is 12.7. The average molecular weight is 222 g/mol. The number of nitrogens with two attached hydrogens (primary N) is 1. The SMILES string of the molecule is Cc1c(F)cc(F)c(Br)c1N. The molecule has 1 aromatic carbocycles. The van der Waals surface area contributed by atoms with Gasteiger partial charge in [0.05, 0.1) is 10.2 Å². The Labute approximate surface area is 71.3 Å². The predicted octanol–water partition coefficient (Wildman–Crippen LogP) is 2.62. The van der Waals surface area contributed by atoms with E-state index in [1.807, 2.05) is 0 Å². The van der Waals surface area contributed by atoms with Gasteiger partial charge in [-0.15, -0.1) is 0 Å². The van der Waals surface area contributed by atoms with Crippen molar-refractivity contribution in [3.8, 4) is 0 Å². The molecule has 0 unspecified atom stereocenters. The van der Waals surface area contributed by atoms with Gasteiger partial charge < -0.3 is 5.73 Å². The Kier molecular flexibility index (Phi) is 2.13. The van der Waals surface area contributed by atoms with E-state index in [2.05, 4.69) is 15.9 Å². The van der Waals surface area contributed by atoms with E-state index in [9.17, 15) is 8.78 Å². The van der Waals surface area contributed by atoms with Gasteiger partial charge in [0.1, 0.15) is 11.6 Å². The van der Waals surface area contributed by atoms with E-state index < -0.39 is 11.6 Å². The molecule has 0 aliphatic heterocycles. The molecule has 11 heavy (non-hydrogen) atoms. The van der Waals surface area contributed by atoms with Crippen LogP contribution >= 0.6 is 15.9 Å². The normalized spacial score (nSPS) is 10.2. The summed E-state index contributed by atoms with van der Waals surface area (Å²) in [6.45, 7) is 1.49. The van der Waals surface area contributed by atoms with Crippen LogP contribution in [0.2, 0.25) is 0 Å². The van der Waals surface area contributed by atoms with E-state index in [1.54, 1.807) is 0 Å². The summed E-state index contributed by atoms with van der Waals surface area (Å²) >= 11 is 2.90. The second-order valence-corrected chi connectivity index (χ2v) is 2.99. The highest BCUT2D eigenvalue weighted by Gasteiger charge is 2.10. The first-order valence-electron chi connectivity index (χ1n) is 2.93. The van der Waals surface area contributed by atoms with Crippen LogP contribution in [0.4, 0.5) is 14.5 Å². The van der Waals surface area contributed by atoms with Gasteiger partial charge in [-0.05, 0) is 22.9 Å². The van der Waals surface area contributed by atoms with E-state index in [-0.39, 0.29) is 15.7 Å². The molecule has 0 radical (unpaired) electrons. The van der Waals surface area contributed by atoms with Crippen LogP contribution in [0.3, 0.4) is 0 Å². The molecule has 0 saturated carbocycles. The lowest BCUT2D eigenvalue weighted by molar-refractivity contribution is 0.575. The van der Waals surface area contributed by atoms with Gasteiger partial charge in [0, 0.05) is 11.6 Å². The van der Waals surface area contributed by atoms with Crippen LogP contribution in [0, 0.1) is 18.6 Å². The Morgan fingerprint density at radius 2 is 1.91 bits per heavy atom. The van der Waals surface area contributed by atoms with E-state index in [1.165, 1.54) is 6.92 Å². The van der Waals surface area contributed by atoms with Crippen molar-refractivity contribution in [1.82, 2.24) is 0 Å². The first-order chi connectivity index (χ1) is 5.04. The fourth-order valence-corrected chi connectivity index (χ4v) is 1.12. The van der Waals surface area contributed by atoms with Crippen LogP contribution in [-0.2, 0) is 0 Å². The third-order valence-corrected chi connectivity index (χ3v) is 2.27. The number of anilines is 1. The average Bonchev–Trinajstić information content (AvgIpc) is 1.97. The molecule has 0 fully saturated rings. The Morgan fingerprint density at radius 1 is 1.36 bits per heavy atom. The van der Waals surface area contributed by atoms with Gasteiger partial charge in [0.2, 0.25) is 0 Å². The van der Waals surface area contributed by atoms with Crippen LogP contribution in [0.25, 0.3) is 0 Å². The Balaban J connectivity index is 3.46. The van der Waals surface area contributed by atoms with Crippen molar-refractivity contribution in [1.29, 1.82) is 0 Å². The molecule has 0 bridgehead atoms. The number of nitrogen functional groups attached to an aromatic ring is 1. The molecule has 0 atom stereocenters. The summed E-state index contributed by atoms with van der Waals surface area (Å²) in [7, 11) is 0. The second kappa shape index (κ2) is 2.77. The first-order valence-corrected chi connectivity index (χ1v) is 3.73. The quantitative estimate of drug-likeness (QED) is 0.529. The zero-order chi connectivity index (χ0) is 8.59. The minimum Gasteiger partial charge on any atom is -0.397 e. The number of benzene rings is 1. The van der Waals surface area contributed by atoms with Gasteiger partial charge in [-0.3, -0.25) is 0 Å². The zero-order valence-corrected chi connectivity index (χ0v) is 7.37. The standard InChI is InChI=1S/C7H6BrF2N/c1-3-4(9)2-5(10)6(8)7(3)11/h2H,11H2,1H3. The Morgan fingerprint density at radius 3 is 2.45 bits per heavy atom. The lowest BCUT2D eigenvalue weighted by atomic mass is 10.2. The lowest BCUT2D eigenvalue weighted by Crippen LogP contribution is -1.96. The summed E-state index contributed by atoms with van der Waals surface area (Å²) in [4.78, 5) is 0. The number of halogens is 3. The van der Waals surface area contributed by atoms with E-state index in [4.69, 9.17) is 5.73 Å². The molecular formula is C7H6BrF2N. The van der Waals surface area contributed by atoms with Crippen LogP contribution in [0.15, 0.2) is 10.5 Å². The Hall–Kier alpha value is -0.640. The molecule has 4 heteroatoms. The van der Waals surface area contributed by atoms with Crippen LogP contribution in [-0.4, -0.2) is 0 Å². The highest BCUT2D eigenvalue weighted by Crippen LogP contribution is 2.27. The molecule has 0 aromatic heterocycles. The number of rotatable bonds is 0. The molecule has 0 aliphatic rings. The maximum Gasteiger partial charge on any atom is 0.142 e. The molecule has 0 amide bonds. The summed E-state index contributed by atoms with van der Waals surface area (Å²) in [6, 6.07) is 0.801. The van der Waals surface area contributed by atoms with Crippen LogP contribution in [0.1, 0.15) is 5.56 Å². The molecule has 60 valence electrons. The van der Waals surface area contributed by atoms with Gasteiger partial charge >= 0.3 is 0 Å². The fraction of sp³-hybridized carbons (Fsp3) is 0.143. The molecule has 1 aromatic rings. The van der Waals surface area contributed by atoms with Crippen LogP contribution in [0.5, 0.6) is 0 Å². The van der Waals surface area contributed by atoms with Crippen molar-refractivity contribution in [2.24, 2.45) is 0 Å². The third kappa shape index (κ3) is 1.35. The largest absolute Gasteiger partial charge is 0.397 e. The molecule has 0 saturated heterocycles. The fourth-order valence-electron chi connectivity index (χ4n) is 0.705. The summed E-state index contributed by atoms with van der Waals surface area (Å²) in [6.07, 6.45) is 0. The van der Waals surface area contributed by atoms with Crippen LogP contribution < -0.4 is 5.73 Å². The van der Waals surface area contributed by atoms with Crippen molar-refractivity contribution in [2.45, 2.75) is 6.92 Å². The van der Waals surface area contributed by atoms with Gasteiger partial charge in [-0.25, -0.2) is 8.78 Å². The zero-order valence-electron chi connectivity index (χ0n) is 5.79. The van der Waals surface area contributed by atoms with Crippen molar-refractivity contribution >= 4 is 21.6 Å². The molecule has 1 nitrogen and oxygen atoms in total. The lowest BCUT2D eigenvalue weighted by Gasteiger charge is -2.04. The Bertz CT molecular complexity index is 273. The van der Waals surface area contributed by atoms with Crippen molar-refractivity contribution in [3.05, 3.63) is 27.7 Å². The van der Waals surface area contributed by atoms with Gasteiger partial charge in [-0.1, -0.05) is 0 Å². The highest BCUT2D eigenvalue weighted by atomic mass is 79.9. The van der Waals surface area contributed by atoms with E-state index >= 15 is 0 Å².